The number of para-hydroxylation sites is 1. The van der Waals surface area contributed by atoms with Crippen molar-refractivity contribution in [3.05, 3.63) is 79.5 Å². The van der Waals surface area contributed by atoms with Crippen LogP contribution in [-0.4, -0.2) is 74.7 Å². The van der Waals surface area contributed by atoms with E-state index in [-0.39, 0.29) is 19.4 Å². The summed E-state index contributed by atoms with van der Waals surface area (Å²) < 4.78 is 55.2. The van der Waals surface area contributed by atoms with Crippen LogP contribution in [0.3, 0.4) is 0 Å². The number of carbonyl (C=O) groups is 3. The molecule has 13 nitrogen and oxygen atoms in total. The average Bonchev–Trinajstić information content (AvgIpc) is 4.00. The molecule has 1 aromatic heterocycles. The van der Waals surface area contributed by atoms with Crippen LogP contribution in [0.4, 0.5) is 4.79 Å². The van der Waals surface area contributed by atoms with Crippen molar-refractivity contribution in [3.63, 3.8) is 0 Å². The molecular weight excluding hydrogens is 683 g/mol. The number of hydrogen-bond acceptors (Lipinski definition) is 9. The third-order valence-corrected chi connectivity index (χ3v) is 13.0. The molecule has 3 aliphatic rings. The molecule has 0 radical (unpaired) electrons. The van der Waals surface area contributed by atoms with Crippen LogP contribution in [0.25, 0.3) is 10.8 Å². The molecule has 0 bridgehead atoms. The number of ether oxygens (including phenoxy) is 2. The SMILES string of the molecule is C=C[C@@H]1C[C@]1(NC(=O)[C@@H]1C[C@@H](Oc2nccc3ccccc23)CN1S(=O)[C@@H](NC(=O)Oc1ccccc1)C(C)(C)C)C(=O)NS(=O)(=O)C1CC1. The van der Waals surface area contributed by atoms with Crippen LogP contribution in [0.1, 0.15) is 46.5 Å². The van der Waals surface area contributed by atoms with Gasteiger partial charge in [-0.3, -0.25) is 14.3 Å². The van der Waals surface area contributed by atoms with Gasteiger partial charge in [0.1, 0.15) is 39.8 Å². The summed E-state index contributed by atoms with van der Waals surface area (Å²) in [6, 6.07) is 16.7. The van der Waals surface area contributed by atoms with Crippen molar-refractivity contribution in [3.8, 4) is 11.6 Å². The number of amides is 3. The van der Waals surface area contributed by atoms with Gasteiger partial charge in [0.25, 0.3) is 5.91 Å². The lowest BCUT2D eigenvalue weighted by atomic mass is 9.96. The lowest BCUT2D eigenvalue weighted by molar-refractivity contribution is -0.131. The van der Waals surface area contributed by atoms with Crippen LogP contribution in [0.2, 0.25) is 0 Å². The number of pyridine rings is 1. The van der Waals surface area contributed by atoms with Crippen LogP contribution in [0.15, 0.2) is 79.5 Å². The first-order valence-corrected chi connectivity index (χ1v) is 19.2. The van der Waals surface area contributed by atoms with E-state index >= 15 is 0 Å². The molecule has 1 aliphatic heterocycles. The topological polar surface area (TPSA) is 173 Å². The van der Waals surface area contributed by atoms with Crippen molar-refractivity contribution >= 4 is 49.7 Å². The third-order valence-electron chi connectivity index (χ3n) is 9.11. The highest BCUT2D eigenvalue weighted by atomic mass is 32.2. The Morgan fingerprint density at radius 2 is 1.78 bits per heavy atom. The van der Waals surface area contributed by atoms with Gasteiger partial charge in [-0.05, 0) is 54.3 Å². The molecule has 1 unspecified atom stereocenters. The van der Waals surface area contributed by atoms with Crippen LogP contribution in [-0.2, 0) is 30.6 Å². The zero-order chi connectivity index (χ0) is 35.8. The minimum Gasteiger partial charge on any atom is -0.472 e. The molecule has 1 saturated heterocycles. The Labute approximate surface area is 293 Å². The van der Waals surface area contributed by atoms with E-state index in [0.717, 1.165) is 10.8 Å². The van der Waals surface area contributed by atoms with E-state index in [0.29, 0.717) is 24.5 Å². The monoisotopic (exact) mass is 723 g/mol. The molecule has 50 heavy (non-hydrogen) atoms. The number of nitrogens with one attached hydrogen (secondary N) is 3. The molecule has 3 amide bonds. The van der Waals surface area contributed by atoms with Gasteiger partial charge in [0.2, 0.25) is 21.8 Å². The highest BCUT2D eigenvalue weighted by Crippen LogP contribution is 2.45. The van der Waals surface area contributed by atoms with Gasteiger partial charge in [0.15, 0.2) is 0 Å². The molecular formula is C35H41N5O8S2. The maximum absolute atomic E-state index is 14.6. The van der Waals surface area contributed by atoms with E-state index in [9.17, 15) is 27.0 Å². The average molecular weight is 724 g/mol. The number of hydrogen-bond donors (Lipinski definition) is 3. The van der Waals surface area contributed by atoms with Gasteiger partial charge in [0, 0.05) is 30.5 Å². The number of fused-ring (bicyclic) bond motifs is 1. The Kier molecular flexibility index (Phi) is 9.76. The maximum Gasteiger partial charge on any atom is 0.413 e. The summed E-state index contributed by atoms with van der Waals surface area (Å²) in [4.78, 5) is 45.1. The van der Waals surface area contributed by atoms with E-state index in [1.807, 2.05) is 30.3 Å². The fourth-order valence-corrected chi connectivity index (χ4v) is 9.27. The fourth-order valence-electron chi connectivity index (χ4n) is 6.09. The van der Waals surface area contributed by atoms with Crippen LogP contribution in [0, 0.1) is 11.3 Å². The van der Waals surface area contributed by atoms with Crippen molar-refractivity contribution in [1.82, 2.24) is 24.6 Å². The maximum atomic E-state index is 14.6. The Bertz CT molecular complexity index is 1930. The fraction of sp³-hybridized carbons (Fsp3) is 0.429. The summed E-state index contributed by atoms with van der Waals surface area (Å²) >= 11 is 0. The van der Waals surface area contributed by atoms with Gasteiger partial charge < -0.3 is 20.1 Å². The van der Waals surface area contributed by atoms with Crippen molar-refractivity contribution in [1.29, 1.82) is 0 Å². The molecule has 6 atom stereocenters. The molecule has 6 rings (SSSR count). The smallest absolute Gasteiger partial charge is 0.413 e. The number of nitrogens with zero attached hydrogens (tertiary/aromatic N) is 2. The predicted molar refractivity (Wildman–Crippen MR) is 188 cm³/mol. The van der Waals surface area contributed by atoms with E-state index in [2.05, 4.69) is 26.9 Å². The third kappa shape index (κ3) is 7.54. The molecule has 2 aromatic carbocycles. The molecule has 266 valence electrons. The lowest BCUT2D eigenvalue weighted by Crippen LogP contribution is -2.58. The summed E-state index contributed by atoms with van der Waals surface area (Å²) in [6.07, 6.45) is 2.77. The Hall–Kier alpha value is -4.34. The van der Waals surface area contributed by atoms with Gasteiger partial charge in [-0.25, -0.2) is 26.7 Å². The summed E-state index contributed by atoms with van der Waals surface area (Å²) in [6.45, 7) is 9.18. The summed E-state index contributed by atoms with van der Waals surface area (Å²) in [5.41, 5.74) is -2.31. The van der Waals surface area contributed by atoms with Crippen molar-refractivity contribution < 1.29 is 36.5 Å². The zero-order valence-electron chi connectivity index (χ0n) is 28.0. The number of aromatic nitrogens is 1. The van der Waals surface area contributed by atoms with Crippen molar-refractivity contribution in [2.45, 2.75) is 74.8 Å². The highest BCUT2D eigenvalue weighted by molar-refractivity contribution is 7.91. The molecule has 2 heterocycles. The van der Waals surface area contributed by atoms with Gasteiger partial charge in [0.05, 0.1) is 5.25 Å². The molecule has 3 aromatic rings. The minimum atomic E-state index is -3.89. The largest absolute Gasteiger partial charge is 0.472 e. The zero-order valence-corrected chi connectivity index (χ0v) is 29.7. The Morgan fingerprint density at radius 3 is 2.44 bits per heavy atom. The molecule has 15 heteroatoms. The second-order valence-electron chi connectivity index (χ2n) is 14.0. The molecule has 3 N–H and O–H groups in total. The van der Waals surface area contributed by atoms with Crippen molar-refractivity contribution in [2.75, 3.05) is 6.54 Å². The molecule has 2 saturated carbocycles. The molecule has 3 fully saturated rings. The normalized spacial score (nSPS) is 24.8. The standard InChI is InChI=1S/C35H41N5O8S2/c1-5-23-20-35(23,31(42)39-50(45,46)26-15-16-26)38-29(41)28-19-25(47-30-27-14-10-9-11-22(27)17-18-36-30)21-40(28)49(44)32(34(2,3)4)37-33(43)48-24-12-7-6-8-13-24/h5-14,17-18,23,25-26,28,32H,1,15-16,19-21H2,2-4H3,(H,37,43)(H,38,41)(H,39,42)/t23-,25-,28+,32-,35-,49?/m1/s1. The van der Waals surface area contributed by atoms with E-state index in [1.165, 1.54) is 10.4 Å². The summed E-state index contributed by atoms with van der Waals surface area (Å²) in [5, 5.41) is 5.53. The van der Waals surface area contributed by atoms with E-state index < -0.39 is 78.6 Å². The first-order valence-electron chi connectivity index (χ1n) is 16.4. The Morgan fingerprint density at radius 1 is 1.08 bits per heavy atom. The van der Waals surface area contributed by atoms with Crippen LogP contribution in [0.5, 0.6) is 11.6 Å². The summed E-state index contributed by atoms with van der Waals surface area (Å²) in [7, 11) is -5.92. The lowest BCUT2D eigenvalue weighted by Gasteiger charge is -2.35. The first kappa shape index (κ1) is 35.5. The van der Waals surface area contributed by atoms with Gasteiger partial charge in [-0.1, -0.05) is 63.2 Å². The van der Waals surface area contributed by atoms with Gasteiger partial charge in [-0.2, -0.15) is 0 Å². The van der Waals surface area contributed by atoms with E-state index in [1.54, 1.807) is 57.3 Å². The van der Waals surface area contributed by atoms with Gasteiger partial charge in [-0.15, -0.1) is 6.58 Å². The quantitative estimate of drug-likeness (QED) is 0.236. The first-order chi connectivity index (χ1) is 23.7. The molecule has 0 spiro atoms. The minimum absolute atomic E-state index is 0.0116. The van der Waals surface area contributed by atoms with Crippen molar-refractivity contribution in [2.24, 2.45) is 11.3 Å². The number of rotatable bonds is 12. The van der Waals surface area contributed by atoms with Crippen LogP contribution >= 0.6 is 0 Å². The Balaban J connectivity index is 1.27. The number of benzene rings is 2. The van der Waals surface area contributed by atoms with Gasteiger partial charge >= 0.3 is 6.09 Å². The highest BCUT2D eigenvalue weighted by Gasteiger charge is 2.62. The summed E-state index contributed by atoms with van der Waals surface area (Å²) in [5.74, 6) is -1.35. The molecule has 2 aliphatic carbocycles. The second kappa shape index (κ2) is 13.8. The van der Waals surface area contributed by atoms with Crippen LogP contribution < -0.4 is 24.8 Å². The number of sulfonamides is 1. The van der Waals surface area contributed by atoms with E-state index in [4.69, 9.17) is 9.47 Å². The predicted octanol–water partition coefficient (Wildman–Crippen LogP) is 3.55. The number of carbonyl (C=O) groups excluding carboxylic acids is 3. The second-order valence-corrected chi connectivity index (χ2v) is 17.4.